The average Bonchev–Trinajstić information content (AvgIpc) is 3.05. The lowest BCUT2D eigenvalue weighted by atomic mass is 10.1. The molecule has 26 heavy (non-hydrogen) atoms. The van der Waals surface area contributed by atoms with Gasteiger partial charge in [0.25, 0.3) is 0 Å². The SMILES string of the molecule is O=C(CCCCCCCc1noc(C(F)(F)F)n1)Nc1ccc(F)cc1. The Hall–Kier alpha value is -2.45. The van der Waals surface area contributed by atoms with Crippen molar-refractivity contribution in [2.45, 2.75) is 51.1 Å². The fourth-order valence-electron chi connectivity index (χ4n) is 2.33. The second kappa shape index (κ2) is 9.30. The number of aromatic nitrogens is 2. The van der Waals surface area contributed by atoms with Gasteiger partial charge in [0.15, 0.2) is 5.82 Å². The number of carbonyl (C=O) groups is 1. The first-order chi connectivity index (χ1) is 12.3. The predicted molar refractivity (Wildman–Crippen MR) is 85.7 cm³/mol. The normalized spacial score (nSPS) is 11.5. The number of rotatable bonds is 9. The number of aryl methyl sites for hydroxylation is 1. The molecule has 5 nitrogen and oxygen atoms in total. The molecule has 0 saturated heterocycles. The van der Waals surface area contributed by atoms with Crippen molar-refractivity contribution in [3.05, 3.63) is 41.8 Å². The molecule has 1 N–H and O–H groups in total. The van der Waals surface area contributed by atoms with E-state index >= 15 is 0 Å². The van der Waals surface area contributed by atoms with Crippen molar-refractivity contribution in [3.63, 3.8) is 0 Å². The zero-order valence-corrected chi connectivity index (χ0v) is 14.0. The summed E-state index contributed by atoms with van der Waals surface area (Å²) < 4.78 is 53.8. The molecule has 1 heterocycles. The second-order valence-electron chi connectivity index (χ2n) is 5.84. The number of hydrogen-bond donors (Lipinski definition) is 1. The third-order valence-electron chi connectivity index (χ3n) is 3.64. The highest BCUT2D eigenvalue weighted by atomic mass is 19.4. The number of carbonyl (C=O) groups excluding carboxylic acids is 1. The van der Waals surface area contributed by atoms with Crippen LogP contribution in [-0.2, 0) is 17.4 Å². The Bertz CT molecular complexity index is 699. The number of anilines is 1. The molecule has 0 atom stereocenters. The summed E-state index contributed by atoms with van der Waals surface area (Å²) in [4.78, 5) is 15.0. The monoisotopic (exact) mass is 373 g/mol. The van der Waals surface area contributed by atoms with Crippen LogP contribution in [0.2, 0.25) is 0 Å². The lowest BCUT2D eigenvalue weighted by molar-refractivity contribution is -0.159. The number of benzene rings is 1. The van der Waals surface area contributed by atoms with E-state index < -0.39 is 12.1 Å². The highest BCUT2D eigenvalue weighted by molar-refractivity contribution is 5.90. The number of amides is 1. The first-order valence-electron chi connectivity index (χ1n) is 8.30. The molecule has 0 aliphatic carbocycles. The van der Waals surface area contributed by atoms with Crippen LogP contribution in [-0.4, -0.2) is 16.0 Å². The summed E-state index contributed by atoms with van der Waals surface area (Å²) in [5, 5.41) is 5.99. The number of halogens is 4. The Labute approximate surface area is 147 Å². The summed E-state index contributed by atoms with van der Waals surface area (Å²) in [6, 6.07) is 5.54. The van der Waals surface area contributed by atoms with Gasteiger partial charge in [-0.1, -0.05) is 24.4 Å². The molecule has 0 spiro atoms. The standard InChI is InChI=1S/C17H19F4N3O2/c18-12-8-10-13(11-9-12)22-15(25)7-5-3-1-2-4-6-14-23-16(26-24-14)17(19,20)21/h8-11H,1-7H2,(H,22,25). The lowest BCUT2D eigenvalue weighted by Gasteiger charge is -2.05. The van der Waals surface area contributed by atoms with E-state index in [1.54, 1.807) is 0 Å². The molecule has 0 radical (unpaired) electrons. The van der Waals surface area contributed by atoms with Crippen LogP contribution in [0.5, 0.6) is 0 Å². The van der Waals surface area contributed by atoms with Gasteiger partial charge < -0.3 is 9.84 Å². The first-order valence-corrected chi connectivity index (χ1v) is 8.30. The zero-order valence-electron chi connectivity index (χ0n) is 14.0. The molecule has 2 rings (SSSR count). The average molecular weight is 373 g/mol. The number of hydrogen-bond acceptors (Lipinski definition) is 4. The Morgan fingerprint density at radius 3 is 2.35 bits per heavy atom. The van der Waals surface area contributed by atoms with Crippen molar-refractivity contribution >= 4 is 11.6 Å². The molecule has 0 aliphatic heterocycles. The molecule has 9 heteroatoms. The molecule has 2 aromatic rings. The van der Waals surface area contributed by atoms with Crippen molar-refractivity contribution < 1.29 is 26.9 Å². The van der Waals surface area contributed by atoms with Crippen molar-refractivity contribution in [1.29, 1.82) is 0 Å². The molecule has 142 valence electrons. The Balaban J connectivity index is 1.53. The topological polar surface area (TPSA) is 68.0 Å². The van der Waals surface area contributed by atoms with Crippen LogP contribution < -0.4 is 5.32 Å². The van der Waals surface area contributed by atoms with Crippen LogP contribution in [0.1, 0.15) is 50.2 Å². The van der Waals surface area contributed by atoms with Gasteiger partial charge in [0.05, 0.1) is 0 Å². The Morgan fingerprint density at radius 1 is 1.04 bits per heavy atom. The smallest absolute Gasteiger partial charge is 0.329 e. The van der Waals surface area contributed by atoms with Crippen LogP contribution in [0.4, 0.5) is 23.2 Å². The lowest BCUT2D eigenvalue weighted by Crippen LogP contribution is -2.10. The number of nitrogens with zero attached hydrogens (tertiary/aromatic N) is 2. The molecule has 0 aliphatic rings. The minimum absolute atomic E-state index is 0.0519. The van der Waals surface area contributed by atoms with Crippen LogP contribution >= 0.6 is 0 Å². The molecule has 1 aromatic heterocycles. The van der Waals surface area contributed by atoms with Gasteiger partial charge in [-0.3, -0.25) is 4.79 Å². The maximum Gasteiger partial charge on any atom is 0.471 e. The molecular weight excluding hydrogens is 354 g/mol. The van der Waals surface area contributed by atoms with Gasteiger partial charge >= 0.3 is 12.1 Å². The molecule has 0 unspecified atom stereocenters. The third kappa shape index (κ3) is 6.81. The Kier molecular flexibility index (Phi) is 7.11. The second-order valence-corrected chi connectivity index (χ2v) is 5.84. The predicted octanol–water partition coefficient (Wildman–Crippen LogP) is 4.75. The number of alkyl halides is 3. The fourth-order valence-corrected chi connectivity index (χ4v) is 2.33. The Morgan fingerprint density at radius 2 is 1.69 bits per heavy atom. The number of nitrogens with one attached hydrogen (secondary N) is 1. The van der Waals surface area contributed by atoms with Crippen molar-refractivity contribution in [2.75, 3.05) is 5.32 Å². The van der Waals surface area contributed by atoms with Gasteiger partial charge in [-0.15, -0.1) is 0 Å². The maximum absolute atomic E-state index is 12.8. The van der Waals surface area contributed by atoms with Gasteiger partial charge in [0, 0.05) is 18.5 Å². The van der Waals surface area contributed by atoms with Crippen LogP contribution in [0, 0.1) is 5.82 Å². The van der Waals surface area contributed by atoms with Gasteiger partial charge in [-0.25, -0.2) is 4.39 Å². The van der Waals surface area contributed by atoms with Crippen molar-refractivity contribution in [3.8, 4) is 0 Å². The molecule has 1 amide bonds. The van der Waals surface area contributed by atoms with Gasteiger partial charge in [-0.2, -0.15) is 18.2 Å². The van der Waals surface area contributed by atoms with Crippen molar-refractivity contribution in [1.82, 2.24) is 10.1 Å². The maximum atomic E-state index is 12.8. The highest BCUT2D eigenvalue weighted by Crippen LogP contribution is 2.27. The van der Waals surface area contributed by atoms with Gasteiger partial charge in [0.1, 0.15) is 5.82 Å². The van der Waals surface area contributed by atoms with Crippen molar-refractivity contribution in [2.24, 2.45) is 0 Å². The third-order valence-corrected chi connectivity index (χ3v) is 3.64. The largest absolute Gasteiger partial charge is 0.471 e. The summed E-state index contributed by atoms with van der Waals surface area (Å²) in [7, 11) is 0. The molecule has 0 fully saturated rings. The van der Waals surface area contributed by atoms with E-state index in [9.17, 15) is 22.4 Å². The van der Waals surface area contributed by atoms with E-state index in [-0.39, 0.29) is 17.5 Å². The van der Waals surface area contributed by atoms with Crippen LogP contribution in [0.25, 0.3) is 0 Å². The van der Waals surface area contributed by atoms with Gasteiger partial charge in [0.2, 0.25) is 5.91 Å². The minimum atomic E-state index is -4.61. The number of unbranched alkanes of at least 4 members (excludes halogenated alkanes) is 4. The highest BCUT2D eigenvalue weighted by Gasteiger charge is 2.38. The summed E-state index contributed by atoms with van der Waals surface area (Å²) in [5.41, 5.74) is 0.551. The van der Waals surface area contributed by atoms with Crippen LogP contribution in [0.3, 0.4) is 0 Å². The minimum Gasteiger partial charge on any atom is -0.329 e. The van der Waals surface area contributed by atoms with E-state index in [2.05, 4.69) is 20.0 Å². The molecule has 1 aromatic carbocycles. The summed E-state index contributed by atoms with van der Waals surface area (Å²) >= 11 is 0. The quantitative estimate of drug-likeness (QED) is 0.509. The molecular formula is C17H19F4N3O2. The first kappa shape index (κ1) is 19.9. The van der Waals surface area contributed by atoms with E-state index in [1.165, 1.54) is 24.3 Å². The summed E-state index contributed by atoms with van der Waals surface area (Å²) in [5.74, 6) is -1.77. The zero-order chi connectivity index (χ0) is 19.0. The fraction of sp³-hybridized carbons (Fsp3) is 0.471. The molecule has 0 saturated carbocycles. The van der Waals surface area contributed by atoms with E-state index in [0.29, 0.717) is 31.4 Å². The molecule has 0 bridgehead atoms. The van der Waals surface area contributed by atoms with E-state index in [4.69, 9.17) is 0 Å². The van der Waals surface area contributed by atoms with E-state index in [0.717, 1.165) is 19.3 Å². The summed E-state index contributed by atoms with van der Waals surface area (Å²) in [6.07, 6.45) is -0.0895. The van der Waals surface area contributed by atoms with Crippen LogP contribution in [0.15, 0.2) is 28.8 Å². The van der Waals surface area contributed by atoms with Gasteiger partial charge in [-0.05, 0) is 37.1 Å². The summed E-state index contributed by atoms with van der Waals surface area (Å²) in [6.45, 7) is 0. The van der Waals surface area contributed by atoms with E-state index in [1.807, 2.05) is 0 Å².